The number of aromatic nitrogens is 2. The monoisotopic (exact) mass is 257 g/mol. The second-order valence-corrected chi connectivity index (χ2v) is 4.90. The number of nitrogens with zero attached hydrogens (tertiary/aromatic N) is 2. The Hall–Kier alpha value is -1.61. The Morgan fingerprint density at radius 3 is 2.74 bits per heavy atom. The average Bonchev–Trinajstić information content (AvgIpc) is 2.86. The normalized spacial score (nSPS) is 12.6. The van der Waals surface area contributed by atoms with Crippen LogP contribution in [0.2, 0.25) is 0 Å². The van der Waals surface area contributed by atoms with Crippen LogP contribution in [0.25, 0.3) is 0 Å². The summed E-state index contributed by atoms with van der Waals surface area (Å²) < 4.78 is 1.86. The van der Waals surface area contributed by atoms with E-state index < -0.39 is 0 Å². The number of hydrogen-bond acceptors (Lipinski definition) is 2. The van der Waals surface area contributed by atoms with E-state index in [2.05, 4.69) is 54.6 Å². The van der Waals surface area contributed by atoms with E-state index in [0.717, 1.165) is 25.1 Å². The van der Waals surface area contributed by atoms with Crippen molar-refractivity contribution in [3.8, 4) is 0 Å². The van der Waals surface area contributed by atoms with Crippen molar-refractivity contribution in [1.29, 1.82) is 0 Å². The molecule has 0 fully saturated rings. The Kier molecular flexibility index (Phi) is 4.74. The first-order valence-corrected chi connectivity index (χ1v) is 7.06. The fourth-order valence-electron chi connectivity index (χ4n) is 2.26. The molecule has 19 heavy (non-hydrogen) atoms. The molecule has 0 radical (unpaired) electrons. The third-order valence-electron chi connectivity index (χ3n) is 3.32. The summed E-state index contributed by atoms with van der Waals surface area (Å²) in [5, 5.41) is 8.14. The third-order valence-corrected chi connectivity index (χ3v) is 3.32. The van der Waals surface area contributed by atoms with Gasteiger partial charge in [-0.2, -0.15) is 5.10 Å². The highest BCUT2D eigenvalue weighted by Gasteiger charge is 2.15. The van der Waals surface area contributed by atoms with Gasteiger partial charge in [0.2, 0.25) is 0 Å². The van der Waals surface area contributed by atoms with E-state index in [1.54, 1.807) is 0 Å². The lowest BCUT2D eigenvalue weighted by Crippen LogP contribution is -2.23. The summed E-state index contributed by atoms with van der Waals surface area (Å²) in [7, 11) is 1.96. The average molecular weight is 257 g/mol. The Morgan fingerprint density at radius 2 is 2.11 bits per heavy atom. The molecular weight excluding hydrogens is 234 g/mol. The van der Waals surface area contributed by atoms with E-state index in [1.807, 2.05) is 17.9 Å². The first kappa shape index (κ1) is 13.8. The molecule has 1 aromatic carbocycles. The van der Waals surface area contributed by atoms with Crippen LogP contribution in [0.5, 0.6) is 0 Å². The van der Waals surface area contributed by atoms with E-state index in [-0.39, 0.29) is 6.04 Å². The van der Waals surface area contributed by atoms with Crippen LogP contribution in [0.3, 0.4) is 0 Å². The predicted octanol–water partition coefficient (Wildman–Crippen LogP) is 3.07. The van der Waals surface area contributed by atoms with E-state index in [4.69, 9.17) is 0 Å². The molecule has 0 spiro atoms. The van der Waals surface area contributed by atoms with Crippen molar-refractivity contribution in [2.75, 3.05) is 6.54 Å². The second-order valence-electron chi connectivity index (χ2n) is 4.90. The van der Waals surface area contributed by atoms with Gasteiger partial charge in [-0.3, -0.25) is 4.68 Å². The lowest BCUT2D eigenvalue weighted by molar-refractivity contribution is 0.575. The predicted molar refractivity (Wildman–Crippen MR) is 79.2 cm³/mol. The van der Waals surface area contributed by atoms with Crippen LogP contribution >= 0.6 is 0 Å². The standard InChI is InChI=1S/C16H23N3/c1-4-10-17-16(15-9-11-19(3)18-15)14-8-6-7-13(5-2)12-14/h6-9,11-12,16-17H,4-5,10H2,1-3H3. The van der Waals surface area contributed by atoms with Gasteiger partial charge in [0.05, 0.1) is 11.7 Å². The molecule has 1 heterocycles. The van der Waals surface area contributed by atoms with E-state index in [9.17, 15) is 0 Å². The van der Waals surface area contributed by atoms with Crippen LogP contribution in [0.4, 0.5) is 0 Å². The Morgan fingerprint density at radius 1 is 1.26 bits per heavy atom. The van der Waals surface area contributed by atoms with Crippen molar-refractivity contribution in [2.24, 2.45) is 7.05 Å². The highest BCUT2D eigenvalue weighted by molar-refractivity contribution is 5.31. The molecule has 3 nitrogen and oxygen atoms in total. The van der Waals surface area contributed by atoms with Gasteiger partial charge in [0.25, 0.3) is 0 Å². The minimum Gasteiger partial charge on any atom is -0.305 e. The summed E-state index contributed by atoms with van der Waals surface area (Å²) >= 11 is 0. The minimum absolute atomic E-state index is 0.188. The Balaban J connectivity index is 2.30. The smallest absolute Gasteiger partial charge is 0.0839 e. The lowest BCUT2D eigenvalue weighted by atomic mass is 10.0. The van der Waals surface area contributed by atoms with Gasteiger partial charge in [-0.25, -0.2) is 0 Å². The molecule has 102 valence electrons. The van der Waals surface area contributed by atoms with Crippen LogP contribution in [-0.4, -0.2) is 16.3 Å². The molecule has 0 saturated carbocycles. The van der Waals surface area contributed by atoms with Crippen molar-refractivity contribution in [3.63, 3.8) is 0 Å². The van der Waals surface area contributed by atoms with Gasteiger partial charge in [0.15, 0.2) is 0 Å². The van der Waals surface area contributed by atoms with Crippen LogP contribution in [0, 0.1) is 0 Å². The number of rotatable bonds is 6. The SMILES string of the molecule is CCCNC(c1cccc(CC)c1)c1ccn(C)n1. The zero-order chi connectivity index (χ0) is 13.7. The van der Waals surface area contributed by atoms with Crippen LogP contribution in [0.15, 0.2) is 36.5 Å². The Labute approximate surface area is 115 Å². The molecule has 0 aliphatic carbocycles. The van der Waals surface area contributed by atoms with Gasteiger partial charge < -0.3 is 5.32 Å². The quantitative estimate of drug-likeness (QED) is 0.862. The van der Waals surface area contributed by atoms with Crippen molar-refractivity contribution < 1.29 is 0 Å². The van der Waals surface area contributed by atoms with Crippen molar-refractivity contribution in [1.82, 2.24) is 15.1 Å². The van der Waals surface area contributed by atoms with Crippen LogP contribution < -0.4 is 5.32 Å². The summed E-state index contributed by atoms with van der Waals surface area (Å²) in [6.45, 7) is 5.37. The van der Waals surface area contributed by atoms with E-state index in [0.29, 0.717) is 0 Å². The molecule has 2 aromatic rings. The fourth-order valence-corrected chi connectivity index (χ4v) is 2.26. The van der Waals surface area contributed by atoms with Crippen molar-refractivity contribution >= 4 is 0 Å². The van der Waals surface area contributed by atoms with Gasteiger partial charge >= 0.3 is 0 Å². The molecule has 1 N–H and O–H groups in total. The summed E-state index contributed by atoms with van der Waals surface area (Å²) in [6.07, 6.45) is 4.19. The highest BCUT2D eigenvalue weighted by atomic mass is 15.3. The van der Waals surface area contributed by atoms with Gasteiger partial charge in [0.1, 0.15) is 0 Å². The van der Waals surface area contributed by atoms with Gasteiger partial charge in [-0.05, 0) is 36.6 Å². The fraction of sp³-hybridized carbons (Fsp3) is 0.438. The highest BCUT2D eigenvalue weighted by Crippen LogP contribution is 2.21. The second kappa shape index (κ2) is 6.53. The number of benzene rings is 1. The molecule has 0 bridgehead atoms. The summed E-state index contributed by atoms with van der Waals surface area (Å²) in [4.78, 5) is 0. The minimum atomic E-state index is 0.188. The number of aryl methyl sites for hydroxylation is 2. The topological polar surface area (TPSA) is 29.9 Å². The van der Waals surface area contributed by atoms with E-state index in [1.165, 1.54) is 11.1 Å². The van der Waals surface area contributed by atoms with Gasteiger partial charge in [-0.15, -0.1) is 0 Å². The molecule has 1 unspecified atom stereocenters. The molecule has 0 saturated heterocycles. The van der Waals surface area contributed by atoms with Gasteiger partial charge in [0, 0.05) is 13.2 Å². The molecule has 0 aliphatic rings. The molecule has 1 atom stereocenters. The zero-order valence-corrected chi connectivity index (χ0v) is 12.1. The first-order chi connectivity index (χ1) is 9.24. The molecule has 0 amide bonds. The molecule has 2 rings (SSSR count). The van der Waals surface area contributed by atoms with Crippen molar-refractivity contribution in [3.05, 3.63) is 53.3 Å². The largest absolute Gasteiger partial charge is 0.305 e. The summed E-state index contributed by atoms with van der Waals surface area (Å²) in [5.74, 6) is 0. The molecule has 0 aliphatic heterocycles. The van der Waals surface area contributed by atoms with Crippen molar-refractivity contribution in [2.45, 2.75) is 32.7 Å². The lowest BCUT2D eigenvalue weighted by Gasteiger charge is -2.17. The number of hydrogen-bond donors (Lipinski definition) is 1. The maximum Gasteiger partial charge on any atom is 0.0839 e. The number of nitrogens with one attached hydrogen (secondary N) is 1. The zero-order valence-electron chi connectivity index (χ0n) is 12.1. The summed E-state index contributed by atoms with van der Waals surface area (Å²) in [6, 6.07) is 11.1. The molecule has 3 heteroatoms. The molecule has 1 aromatic heterocycles. The molecular formula is C16H23N3. The maximum atomic E-state index is 4.55. The van der Waals surface area contributed by atoms with E-state index >= 15 is 0 Å². The van der Waals surface area contributed by atoms with Crippen LogP contribution in [0.1, 0.15) is 43.1 Å². The third kappa shape index (κ3) is 3.44. The van der Waals surface area contributed by atoms with Crippen LogP contribution in [-0.2, 0) is 13.5 Å². The summed E-state index contributed by atoms with van der Waals surface area (Å²) in [5.41, 5.74) is 3.76. The Bertz CT molecular complexity index is 516. The first-order valence-electron chi connectivity index (χ1n) is 7.06. The maximum absolute atomic E-state index is 4.55. The van der Waals surface area contributed by atoms with Gasteiger partial charge in [-0.1, -0.05) is 38.1 Å².